The third-order valence-corrected chi connectivity index (χ3v) is 4.93. The van der Waals surface area contributed by atoms with E-state index >= 15 is 0 Å². The Labute approximate surface area is 143 Å². The molecule has 0 spiro atoms. The quantitative estimate of drug-likeness (QED) is 0.620. The number of hydrogen-bond acceptors (Lipinski definition) is 4. The van der Waals surface area contributed by atoms with Crippen LogP contribution in [-0.4, -0.2) is 19.6 Å². The lowest BCUT2D eigenvalue weighted by Crippen LogP contribution is -2.17. The van der Waals surface area contributed by atoms with E-state index in [0.717, 1.165) is 22.2 Å². The number of rotatable bonds is 4. The van der Waals surface area contributed by atoms with Gasteiger partial charge in [-0.05, 0) is 28.8 Å². The Bertz CT molecular complexity index is 1060. The number of aromatic nitrogens is 4. The Morgan fingerprint density at radius 2 is 2.04 bits per heavy atom. The summed E-state index contributed by atoms with van der Waals surface area (Å²) < 4.78 is 1.40. The van der Waals surface area contributed by atoms with Crippen LogP contribution >= 0.6 is 11.3 Å². The first kappa shape index (κ1) is 15.1. The Kier molecular flexibility index (Phi) is 3.69. The standard InChI is InChI=1S/C18H18N4OS/c1-11(2)8-13-10-24-17-15(13)16-19-14(21-22(16)18(23)20-17)9-12-6-4-3-5-7-12/h3-7,10-11H,8-9H2,1-2H3,(H,20,23). The molecule has 3 heterocycles. The summed E-state index contributed by atoms with van der Waals surface area (Å²) >= 11 is 1.56. The molecular formula is C18H18N4OS. The monoisotopic (exact) mass is 338 g/mol. The van der Waals surface area contributed by atoms with Gasteiger partial charge in [0.25, 0.3) is 0 Å². The van der Waals surface area contributed by atoms with Crippen molar-refractivity contribution in [2.45, 2.75) is 26.7 Å². The van der Waals surface area contributed by atoms with Gasteiger partial charge in [0.1, 0.15) is 4.83 Å². The molecule has 24 heavy (non-hydrogen) atoms. The predicted octanol–water partition coefficient (Wildman–Crippen LogP) is 3.42. The molecule has 0 unspecified atom stereocenters. The van der Waals surface area contributed by atoms with Gasteiger partial charge in [-0.25, -0.2) is 9.78 Å². The van der Waals surface area contributed by atoms with Gasteiger partial charge in [-0.1, -0.05) is 44.2 Å². The third-order valence-electron chi connectivity index (χ3n) is 3.99. The van der Waals surface area contributed by atoms with Crippen molar-refractivity contribution in [2.75, 3.05) is 0 Å². The maximum Gasteiger partial charge on any atom is 0.349 e. The van der Waals surface area contributed by atoms with Gasteiger partial charge in [-0.15, -0.1) is 16.4 Å². The minimum Gasteiger partial charge on any atom is -0.297 e. The van der Waals surface area contributed by atoms with Crippen LogP contribution < -0.4 is 5.69 Å². The lowest BCUT2D eigenvalue weighted by Gasteiger charge is -2.03. The fraction of sp³-hybridized carbons (Fsp3) is 0.278. The topological polar surface area (TPSA) is 63.0 Å². The zero-order chi connectivity index (χ0) is 16.7. The fourth-order valence-corrected chi connectivity index (χ4v) is 3.94. The first-order chi connectivity index (χ1) is 11.6. The molecule has 0 radical (unpaired) electrons. The van der Waals surface area contributed by atoms with E-state index < -0.39 is 0 Å². The van der Waals surface area contributed by atoms with Crippen LogP contribution in [0.5, 0.6) is 0 Å². The molecule has 0 fully saturated rings. The second-order valence-electron chi connectivity index (χ2n) is 6.42. The first-order valence-corrected chi connectivity index (χ1v) is 8.91. The minimum absolute atomic E-state index is 0.234. The molecule has 5 nitrogen and oxygen atoms in total. The highest BCUT2D eigenvalue weighted by atomic mass is 32.1. The maximum absolute atomic E-state index is 12.3. The number of aromatic amines is 1. The van der Waals surface area contributed by atoms with Gasteiger partial charge < -0.3 is 0 Å². The van der Waals surface area contributed by atoms with E-state index in [-0.39, 0.29) is 5.69 Å². The molecule has 6 heteroatoms. The number of nitrogens with zero attached hydrogens (tertiary/aromatic N) is 3. The van der Waals surface area contributed by atoms with E-state index in [1.165, 1.54) is 10.1 Å². The summed E-state index contributed by atoms with van der Waals surface area (Å²) in [5.41, 5.74) is 2.79. The van der Waals surface area contributed by atoms with Crippen LogP contribution in [0.25, 0.3) is 15.9 Å². The van der Waals surface area contributed by atoms with E-state index in [4.69, 9.17) is 0 Å². The van der Waals surface area contributed by atoms with Crippen LogP contribution in [0.3, 0.4) is 0 Å². The second-order valence-corrected chi connectivity index (χ2v) is 7.30. The number of hydrogen-bond donors (Lipinski definition) is 1. The normalized spacial score (nSPS) is 11.8. The Morgan fingerprint density at radius 3 is 2.79 bits per heavy atom. The Morgan fingerprint density at radius 1 is 1.25 bits per heavy atom. The lowest BCUT2D eigenvalue weighted by molar-refractivity contribution is 0.651. The van der Waals surface area contributed by atoms with Crippen molar-refractivity contribution in [1.29, 1.82) is 0 Å². The van der Waals surface area contributed by atoms with Crippen molar-refractivity contribution < 1.29 is 0 Å². The van der Waals surface area contributed by atoms with E-state index in [1.807, 2.05) is 30.3 Å². The average molecular weight is 338 g/mol. The van der Waals surface area contributed by atoms with Crippen LogP contribution in [0.1, 0.15) is 30.8 Å². The van der Waals surface area contributed by atoms with Crippen LogP contribution in [0.15, 0.2) is 40.5 Å². The molecule has 3 aromatic heterocycles. The van der Waals surface area contributed by atoms with Crippen molar-refractivity contribution in [3.63, 3.8) is 0 Å². The van der Waals surface area contributed by atoms with Crippen LogP contribution in [0.2, 0.25) is 0 Å². The SMILES string of the molecule is CC(C)Cc1csc2[nH]c(=O)n3nc(Cc4ccccc4)nc3c12. The number of benzene rings is 1. The average Bonchev–Trinajstić information content (AvgIpc) is 3.12. The number of nitrogens with one attached hydrogen (secondary N) is 1. The number of thiophene rings is 1. The molecule has 4 aromatic rings. The molecule has 0 saturated carbocycles. The summed E-state index contributed by atoms with van der Waals surface area (Å²) in [6, 6.07) is 10.1. The summed E-state index contributed by atoms with van der Waals surface area (Å²) in [5.74, 6) is 1.21. The predicted molar refractivity (Wildman–Crippen MR) is 96.8 cm³/mol. The molecule has 0 aliphatic rings. The molecule has 0 bridgehead atoms. The summed E-state index contributed by atoms with van der Waals surface area (Å²) in [5, 5.41) is 7.57. The van der Waals surface area contributed by atoms with Crippen LogP contribution in [0.4, 0.5) is 0 Å². The van der Waals surface area contributed by atoms with Gasteiger partial charge in [0.15, 0.2) is 11.5 Å². The van der Waals surface area contributed by atoms with Crippen molar-refractivity contribution in [2.24, 2.45) is 5.92 Å². The summed E-state index contributed by atoms with van der Waals surface area (Å²) in [6.07, 6.45) is 1.58. The van der Waals surface area contributed by atoms with Crippen molar-refractivity contribution in [1.82, 2.24) is 19.6 Å². The highest BCUT2D eigenvalue weighted by molar-refractivity contribution is 7.17. The second kappa shape index (κ2) is 5.87. The minimum atomic E-state index is -0.234. The molecular weight excluding hydrogens is 320 g/mol. The van der Waals surface area contributed by atoms with Crippen molar-refractivity contribution in [3.8, 4) is 0 Å². The van der Waals surface area contributed by atoms with Crippen molar-refractivity contribution >= 4 is 27.2 Å². The van der Waals surface area contributed by atoms with Crippen LogP contribution in [-0.2, 0) is 12.8 Å². The molecule has 1 N–H and O–H groups in total. The largest absolute Gasteiger partial charge is 0.349 e. The van der Waals surface area contributed by atoms with Crippen molar-refractivity contribution in [3.05, 3.63) is 63.1 Å². The molecule has 0 saturated heterocycles. The van der Waals surface area contributed by atoms with E-state index in [9.17, 15) is 4.79 Å². The zero-order valence-electron chi connectivity index (χ0n) is 13.6. The van der Waals surface area contributed by atoms with Gasteiger partial charge in [0, 0.05) is 6.42 Å². The van der Waals surface area contributed by atoms with Gasteiger partial charge in [0.2, 0.25) is 0 Å². The van der Waals surface area contributed by atoms with E-state index in [2.05, 4.69) is 34.3 Å². The fourth-order valence-electron chi connectivity index (χ4n) is 2.98. The van der Waals surface area contributed by atoms with Gasteiger partial charge in [-0.2, -0.15) is 4.52 Å². The van der Waals surface area contributed by atoms with Gasteiger partial charge >= 0.3 is 5.69 Å². The Hall–Kier alpha value is -2.47. The summed E-state index contributed by atoms with van der Waals surface area (Å²) in [6.45, 7) is 4.38. The summed E-state index contributed by atoms with van der Waals surface area (Å²) in [4.78, 5) is 20.8. The third kappa shape index (κ3) is 2.63. The van der Waals surface area contributed by atoms with E-state index in [1.54, 1.807) is 11.3 Å². The first-order valence-electron chi connectivity index (χ1n) is 8.03. The molecule has 1 aromatic carbocycles. The molecule has 122 valence electrons. The van der Waals surface area contributed by atoms with Gasteiger partial charge in [0.05, 0.1) is 5.39 Å². The van der Waals surface area contributed by atoms with Crippen LogP contribution in [0, 0.1) is 5.92 Å². The maximum atomic E-state index is 12.3. The Balaban J connectivity index is 1.88. The molecule has 0 amide bonds. The van der Waals surface area contributed by atoms with Gasteiger partial charge in [-0.3, -0.25) is 4.98 Å². The number of fused-ring (bicyclic) bond motifs is 3. The molecule has 0 aliphatic heterocycles. The zero-order valence-corrected chi connectivity index (χ0v) is 14.4. The smallest absolute Gasteiger partial charge is 0.297 e. The molecule has 4 rings (SSSR count). The summed E-state index contributed by atoms with van der Waals surface area (Å²) in [7, 11) is 0. The van der Waals surface area contributed by atoms with E-state index in [0.29, 0.717) is 23.8 Å². The molecule has 0 atom stereocenters. The highest BCUT2D eigenvalue weighted by Gasteiger charge is 2.16. The lowest BCUT2D eigenvalue weighted by atomic mass is 10.0. The number of H-pyrrole nitrogens is 1. The molecule has 0 aliphatic carbocycles. The highest BCUT2D eigenvalue weighted by Crippen LogP contribution is 2.28.